The van der Waals surface area contributed by atoms with Crippen LogP contribution in [0.5, 0.6) is 5.75 Å². The number of anilines is 3. The number of hydrogen-bond donors (Lipinski definition) is 2. The van der Waals surface area contributed by atoms with Gasteiger partial charge in [-0.15, -0.1) is 0 Å². The molecule has 0 heterocycles. The second-order valence-corrected chi connectivity index (χ2v) is 4.68. The quantitative estimate of drug-likeness (QED) is 0.807. The van der Waals surface area contributed by atoms with Crippen LogP contribution in [0.25, 0.3) is 0 Å². The van der Waals surface area contributed by atoms with Gasteiger partial charge < -0.3 is 15.8 Å². The molecule has 7 heteroatoms. The fraction of sp³-hybridized carbons (Fsp3) is 0.143. The molecular formula is C14H12ClF3N2O. The number of ether oxygens (including phenoxy) is 1. The van der Waals surface area contributed by atoms with Crippen molar-refractivity contribution in [2.24, 2.45) is 0 Å². The van der Waals surface area contributed by atoms with Crippen LogP contribution in [0.15, 0.2) is 36.4 Å². The first kappa shape index (κ1) is 15.3. The minimum atomic E-state index is -4.50. The molecule has 0 unspecified atom stereocenters. The second kappa shape index (κ2) is 5.73. The summed E-state index contributed by atoms with van der Waals surface area (Å²) >= 11 is 5.89. The molecule has 2 rings (SSSR count). The Bertz CT molecular complexity index is 659. The third-order valence-electron chi connectivity index (χ3n) is 2.80. The van der Waals surface area contributed by atoms with Crippen molar-refractivity contribution in [1.29, 1.82) is 0 Å². The minimum Gasteiger partial charge on any atom is -0.495 e. The Morgan fingerprint density at radius 2 is 1.71 bits per heavy atom. The van der Waals surface area contributed by atoms with E-state index in [2.05, 4.69) is 5.32 Å². The van der Waals surface area contributed by atoms with Crippen molar-refractivity contribution in [2.75, 3.05) is 18.2 Å². The van der Waals surface area contributed by atoms with Gasteiger partial charge in [0, 0.05) is 23.1 Å². The molecule has 3 nitrogen and oxygen atoms in total. The van der Waals surface area contributed by atoms with E-state index in [1.807, 2.05) is 0 Å². The Hall–Kier alpha value is -2.08. The molecule has 0 saturated heterocycles. The van der Waals surface area contributed by atoms with E-state index in [1.54, 1.807) is 18.2 Å². The van der Waals surface area contributed by atoms with E-state index >= 15 is 0 Å². The third kappa shape index (κ3) is 3.52. The monoisotopic (exact) mass is 316 g/mol. The lowest BCUT2D eigenvalue weighted by atomic mass is 10.1. The Morgan fingerprint density at radius 1 is 1.10 bits per heavy atom. The van der Waals surface area contributed by atoms with Gasteiger partial charge in [-0.05, 0) is 30.3 Å². The smallest absolute Gasteiger partial charge is 0.418 e. The number of nitrogens with two attached hydrogens (primary N) is 1. The first-order chi connectivity index (χ1) is 9.81. The summed E-state index contributed by atoms with van der Waals surface area (Å²) in [6.07, 6.45) is -4.50. The Morgan fingerprint density at radius 3 is 2.33 bits per heavy atom. The van der Waals surface area contributed by atoms with Crippen molar-refractivity contribution in [2.45, 2.75) is 6.18 Å². The Labute approximate surface area is 124 Å². The van der Waals surface area contributed by atoms with Gasteiger partial charge in [0.25, 0.3) is 0 Å². The van der Waals surface area contributed by atoms with Gasteiger partial charge in [0.15, 0.2) is 0 Å². The molecule has 0 atom stereocenters. The summed E-state index contributed by atoms with van der Waals surface area (Å²) in [5.41, 5.74) is 4.97. The highest BCUT2D eigenvalue weighted by Gasteiger charge is 2.33. The molecule has 0 amide bonds. The summed E-state index contributed by atoms with van der Waals surface area (Å²) < 4.78 is 43.4. The highest BCUT2D eigenvalue weighted by molar-refractivity contribution is 6.32. The van der Waals surface area contributed by atoms with Gasteiger partial charge in [-0.1, -0.05) is 11.6 Å². The number of methoxy groups -OCH3 is 1. The van der Waals surface area contributed by atoms with Gasteiger partial charge in [0.1, 0.15) is 5.75 Å². The van der Waals surface area contributed by atoms with E-state index in [4.69, 9.17) is 22.1 Å². The number of hydrogen-bond acceptors (Lipinski definition) is 3. The molecule has 0 radical (unpaired) electrons. The molecule has 0 bridgehead atoms. The summed E-state index contributed by atoms with van der Waals surface area (Å²) in [7, 11) is 1.45. The van der Waals surface area contributed by atoms with Crippen LogP contribution in [0, 0.1) is 0 Å². The van der Waals surface area contributed by atoms with Gasteiger partial charge in [-0.3, -0.25) is 0 Å². The van der Waals surface area contributed by atoms with Gasteiger partial charge in [0.05, 0.1) is 17.7 Å². The van der Waals surface area contributed by atoms with Crippen LogP contribution in [0.2, 0.25) is 5.02 Å². The van der Waals surface area contributed by atoms with Gasteiger partial charge in [0.2, 0.25) is 0 Å². The summed E-state index contributed by atoms with van der Waals surface area (Å²) in [6, 6.07) is 8.44. The zero-order chi connectivity index (χ0) is 15.6. The van der Waals surface area contributed by atoms with Crippen LogP contribution in [0.1, 0.15) is 5.56 Å². The van der Waals surface area contributed by atoms with E-state index in [0.717, 1.165) is 6.07 Å². The third-order valence-corrected chi connectivity index (χ3v) is 3.11. The molecule has 0 spiro atoms. The first-order valence-electron chi connectivity index (χ1n) is 5.88. The maximum atomic E-state index is 12.8. The van der Waals surface area contributed by atoms with E-state index in [0.29, 0.717) is 16.5 Å². The normalized spacial score (nSPS) is 11.3. The van der Waals surface area contributed by atoms with Crippen molar-refractivity contribution in [3.05, 3.63) is 47.0 Å². The maximum Gasteiger partial charge on any atom is 0.418 e. The van der Waals surface area contributed by atoms with Crippen LogP contribution in [-0.4, -0.2) is 7.11 Å². The number of nitrogens with one attached hydrogen (secondary N) is 1. The van der Waals surface area contributed by atoms with E-state index in [9.17, 15) is 13.2 Å². The lowest BCUT2D eigenvalue weighted by Gasteiger charge is -2.14. The van der Waals surface area contributed by atoms with Crippen molar-refractivity contribution in [1.82, 2.24) is 0 Å². The average Bonchev–Trinajstić information content (AvgIpc) is 2.42. The highest BCUT2D eigenvalue weighted by atomic mass is 35.5. The molecule has 2 aromatic rings. The number of nitrogen functional groups attached to an aromatic ring is 1. The molecule has 2 aromatic carbocycles. The average molecular weight is 317 g/mol. The largest absolute Gasteiger partial charge is 0.495 e. The van der Waals surface area contributed by atoms with Crippen LogP contribution in [0.4, 0.5) is 30.2 Å². The van der Waals surface area contributed by atoms with Crippen molar-refractivity contribution >= 4 is 28.7 Å². The summed E-state index contributed by atoms with van der Waals surface area (Å²) in [5.74, 6) is 0.424. The van der Waals surface area contributed by atoms with Crippen molar-refractivity contribution < 1.29 is 17.9 Å². The number of rotatable bonds is 3. The Balaban J connectivity index is 2.32. The van der Waals surface area contributed by atoms with Crippen LogP contribution in [-0.2, 0) is 6.18 Å². The van der Waals surface area contributed by atoms with E-state index in [1.165, 1.54) is 19.2 Å². The number of benzene rings is 2. The lowest BCUT2D eigenvalue weighted by Crippen LogP contribution is -2.09. The highest BCUT2D eigenvalue weighted by Crippen LogP contribution is 2.36. The van der Waals surface area contributed by atoms with Crippen LogP contribution >= 0.6 is 11.6 Å². The predicted octanol–water partition coefficient (Wildman–Crippen LogP) is 4.69. The molecule has 0 aliphatic rings. The molecule has 0 aliphatic carbocycles. The summed E-state index contributed by atoms with van der Waals surface area (Å²) in [4.78, 5) is 0. The molecule has 0 aromatic heterocycles. The molecule has 21 heavy (non-hydrogen) atoms. The molecule has 0 aliphatic heterocycles. The molecule has 3 N–H and O–H groups in total. The summed E-state index contributed by atoms with van der Waals surface area (Å²) in [6.45, 7) is 0. The molecular weight excluding hydrogens is 305 g/mol. The maximum absolute atomic E-state index is 12.8. The zero-order valence-corrected chi connectivity index (χ0v) is 11.7. The fourth-order valence-electron chi connectivity index (χ4n) is 1.78. The molecule has 112 valence electrons. The van der Waals surface area contributed by atoms with E-state index in [-0.39, 0.29) is 11.4 Å². The summed E-state index contributed by atoms with van der Waals surface area (Å²) in [5, 5.41) is 3.26. The molecule has 0 saturated carbocycles. The Kier molecular flexibility index (Phi) is 4.18. The first-order valence-corrected chi connectivity index (χ1v) is 6.26. The number of halogens is 4. The van der Waals surface area contributed by atoms with Gasteiger partial charge >= 0.3 is 6.18 Å². The van der Waals surface area contributed by atoms with Crippen LogP contribution < -0.4 is 15.8 Å². The van der Waals surface area contributed by atoms with Gasteiger partial charge in [-0.2, -0.15) is 13.2 Å². The SMILES string of the molecule is COc1cc(Nc2ccc(N)c(C(F)(F)F)c2)ccc1Cl. The number of alkyl halides is 3. The van der Waals surface area contributed by atoms with E-state index < -0.39 is 11.7 Å². The topological polar surface area (TPSA) is 47.3 Å². The molecule has 0 fully saturated rings. The second-order valence-electron chi connectivity index (χ2n) is 4.27. The predicted molar refractivity (Wildman–Crippen MR) is 77.1 cm³/mol. The zero-order valence-electron chi connectivity index (χ0n) is 11.0. The fourth-order valence-corrected chi connectivity index (χ4v) is 1.98. The minimum absolute atomic E-state index is 0.265. The lowest BCUT2D eigenvalue weighted by molar-refractivity contribution is -0.136. The van der Waals surface area contributed by atoms with Crippen LogP contribution in [0.3, 0.4) is 0 Å². The van der Waals surface area contributed by atoms with Crippen molar-refractivity contribution in [3.8, 4) is 5.75 Å². The van der Waals surface area contributed by atoms with Crippen molar-refractivity contribution in [3.63, 3.8) is 0 Å². The van der Waals surface area contributed by atoms with Gasteiger partial charge in [-0.25, -0.2) is 0 Å². The standard InChI is InChI=1S/C14H12ClF3N2O/c1-21-13-7-9(2-4-11(13)15)20-8-3-5-12(19)10(6-8)14(16,17)18/h2-7,20H,19H2,1H3.